The molecule has 1 saturated carbocycles. The summed E-state index contributed by atoms with van der Waals surface area (Å²) in [4.78, 5) is 27.4. The maximum absolute atomic E-state index is 12.9. The lowest BCUT2D eigenvalue weighted by Gasteiger charge is -2.25. The molecule has 1 fully saturated rings. The van der Waals surface area contributed by atoms with Crippen molar-refractivity contribution < 1.29 is 9.59 Å². The molecule has 0 radical (unpaired) electrons. The zero-order valence-electron chi connectivity index (χ0n) is 16.2. The fourth-order valence-electron chi connectivity index (χ4n) is 4.42. The summed E-state index contributed by atoms with van der Waals surface area (Å²) in [7, 11) is 0. The number of fused-ring (bicyclic) bond motifs is 1. The summed E-state index contributed by atoms with van der Waals surface area (Å²) in [6.45, 7) is 5.84. The predicted octanol–water partition coefficient (Wildman–Crippen LogP) is 5.68. The topological polar surface area (TPSA) is 37.4 Å². The van der Waals surface area contributed by atoms with E-state index in [1.54, 1.807) is 0 Å². The van der Waals surface area contributed by atoms with Gasteiger partial charge < -0.3 is 4.90 Å². The fourth-order valence-corrected chi connectivity index (χ4v) is 4.65. The third kappa shape index (κ3) is 4.21. The van der Waals surface area contributed by atoms with Crippen molar-refractivity contribution in [2.45, 2.75) is 82.5 Å². The molecule has 0 N–H and O–H groups in total. The molecule has 4 heteroatoms. The highest BCUT2D eigenvalue weighted by molar-refractivity contribution is 9.10. The third-order valence-electron chi connectivity index (χ3n) is 5.86. The number of alkyl halides is 1. The van der Waals surface area contributed by atoms with E-state index in [9.17, 15) is 9.59 Å². The Morgan fingerprint density at radius 3 is 2.54 bits per heavy atom. The molecule has 0 spiro atoms. The van der Waals surface area contributed by atoms with E-state index in [0.717, 1.165) is 30.0 Å². The van der Waals surface area contributed by atoms with Crippen LogP contribution in [0.2, 0.25) is 0 Å². The Labute approximate surface area is 165 Å². The maximum atomic E-state index is 12.9. The van der Waals surface area contributed by atoms with Crippen LogP contribution in [-0.2, 0) is 11.2 Å². The highest BCUT2D eigenvalue weighted by atomic mass is 79.9. The van der Waals surface area contributed by atoms with Gasteiger partial charge in [-0.05, 0) is 63.3 Å². The largest absolute Gasteiger partial charge is 0.309 e. The Kier molecular flexibility index (Phi) is 5.91. The Hall–Kier alpha value is -1.16. The molecule has 1 atom stereocenters. The van der Waals surface area contributed by atoms with Crippen LogP contribution in [-0.4, -0.2) is 22.1 Å². The number of carbonyl (C=O) groups is 2. The Morgan fingerprint density at radius 2 is 1.88 bits per heavy atom. The molecule has 1 amide bonds. The molecule has 3 nitrogen and oxygen atoms in total. The summed E-state index contributed by atoms with van der Waals surface area (Å²) < 4.78 is -0.568. The average molecular weight is 420 g/mol. The van der Waals surface area contributed by atoms with Crippen molar-refractivity contribution in [3.05, 3.63) is 29.3 Å². The summed E-state index contributed by atoms with van der Waals surface area (Å²) >= 11 is 3.45. The molecule has 142 valence electrons. The number of hydrogen-bond acceptors (Lipinski definition) is 2. The van der Waals surface area contributed by atoms with Crippen molar-refractivity contribution in [1.82, 2.24) is 0 Å². The summed E-state index contributed by atoms with van der Waals surface area (Å²) in [5.74, 6) is 1.04. The van der Waals surface area contributed by atoms with Gasteiger partial charge in [-0.1, -0.05) is 48.0 Å². The molecule has 3 rings (SSSR count). The summed E-state index contributed by atoms with van der Waals surface area (Å²) in [6, 6.07) is 5.98. The van der Waals surface area contributed by atoms with Gasteiger partial charge in [0.05, 0.1) is 4.32 Å². The number of Topliss-reactive ketones (excluding diaryl/α,β-unsaturated/α-hetero) is 1. The molecule has 1 aromatic rings. The van der Waals surface area contributed by atoms with Crippen molar-refractivity contribution in [3.63, 3.8) is 0 Å². The van der Waals surface area contributed by atoms with Crippen LogP contribution in [0.1, 0.15) is 81.6 Å². The van der Waals surface area contributed by atoms with Gasteiger partial charge in [0, 0.05) is 23.7 Å². The van der Waals surface area contributed by atoms with E-state index >= 15 is 0 Å². The Bertz CT molecular complexity index is 686. The van der Waals surface area contributed by atoms with E-state index < -0.39 is 4.32 Å². The van der Waals surface area contributed by atoms with E-state index in [0.29, 0.717) is 12.0 Å². The first kappa shape index (κ1) is 19.6. The van der Waals surface area contributed by atoms with E-state index in [4.69, 9.17) is 0 Å². The van der Waals surface area contributed by atoms with Crippen LogP contribution in [0.4, 0.5) is 5.69 Å². The van der Waals surface area contributed by atoms with Crippen LogP contribution in [0.15, 0.2) is 18.2 Å². The fraction of sp³-hybridized carbons (Fsp3) is 0.636. The summed E-state index contributed by atoms with van der Waals surface area (Å²) in [5, 5.41) is 0. The standard InChI is InChI=1S/C22H30BrNO2/c1-15-13-18-14-17(21(26)22(2,3)23)10-11-19(18)24(15)20(25)12-9-16-7-5-4-6-8-16/h10-11,14-16H,4-9,12-13H2,1-3H3. The van der Waals surface area contributed by atoms with Crippen LogP contribution in [0, 0.1) is 5.92 Å². The molecule has 1 aliphatic carbocycles. The van der Waals surface area contributed by atoms with Gasteiger partial charge in [-0.15, -0.1) is 0 Å². The van der Waals surface area contributed by atoms with E-state index in [1.165, 1.54) is 32.1 Å². The second-order valence-electron chi connectivity index (χ2n) is 8.50. The smallest absolute Gasteiger partial charge is 0.227 e. The first-order chi connectivity index (χ1) is 12.3. The predicted molar refractivity (Wildman–Crippen MR) is 110 cm³/mol. The van der Waals surface area contributed by atoms with Crippen molar-refractivity contribution in [3.8, 4) is 0 Å². The van der Waals surface area contributed by atoms with Gasteiger partial charge >= 0.3 is 0 Å². The molecule has 1 unspecified atom stereocenters. The van der Waals surface area contributed by atoms with Crippen LogP contribution < -0.4 is 4.90 Å². The molecule has 1 heterocycles. The number of rotatable bonds is 5. The van der Waals surface area contributed by atoms with Crippen molar-refractivity contribution in [1.29, 1.82) is 0 Å². The van der Waals surface area contributed by atoms with Crippen molar-refractivity contribution >= 4 is 33.3 Å². The highest BCUT2D eigenvalue weighted by Gasteiger charge is 2.33. The minimum atomic E-state index is -0.568. The minimum absolute atomic E-state index is 0.0787. The van der Waals surface area contributed by atoms with Gasteiger partial charge in [-0.25, -0.2) is 0 Å². The minimum Gasteiger partial charge on any atom is -0.309 e. The zero-order valence-corrected chi connectivity index (χ0v) is 17.8. The summed E-state index contributed by atoms with van der Waals surface area (Å²) in [6.07, 6.45) is 9.06. The van der Waals surface area contributed by atoms with Crippen LogP contribution in [0.5, 0.6) is 0 Å². The molecule has 1 aliphatic heterocycles. The lowest BCUT2D eigenvalue weighted by molar-refractivity contribution is -0.119. The highest BCUT2D eigenvalue weighted by Crippen LogP contribution is 2.36. The van der Waals surface area contributed by atoms with E-state index in [2.05, 4.69) is 22.9 Å². The molecule has 2 aliphatic rings. The van der Waals surface area contributed by atoms with Gasteiger partial charge in [-0.2, -0.15) is 0 Å². The van der Waals surface area contributed by atoms with Gasteiger partial charge in [0.2, 0.25) is 5.91 Å². The third-order valence-corrected chi connectivity index (χ3v) is 6.22. The number of amides is 1. The quantitative estimate of drug-likeness (QED) is 0.454. The Balaban J connectivity index is 1.71. The van der Waals surface area contributed by atoms with E-state index in [1.807, 2.05) is 36.9 Å². The van der Waals surface area contributed by atoms with E-state index in [-0.39, 0.29) is 17.7 Å². The van der Waals surface area contributed by atoms with Crippen molar-refractivity contribution in [2.75, 3.05) is 4.90 Å². The average Bonchev–Trinajstić information content (AvgIpc) is 2.94. The molecule has 1 aromatic carbocycles. The summed E-state index contributed by atoms with van der Waals surface area (Å²) in [5.41, 5.74) is 2.83. The number of hydrogen-bond donors (Lipinski definition) is 0. The Morgan fingerprint density at radius 1 is 1.19 bits per heavy atom. The number of halogens is 1. The lowest BCUT2D eigenvalue weighted by Crippen LogP contribution is -2.35. The maximum Gasteiger partial charge on any atom is 0.227 e. The first-order valence-corrected chi connectivity index (χ1v) is 10.8. The number of anilines is 1. The second-order valence-corrected chi connectivity index (χ2v) is 10.5. The van der Waals surface area contributed by atoms with Gasteiger partial charge in [-0.3, -0.25) is 9.59 Å². The SMILES string of the molecule is CC1Cc2cc(C(=O)C(C)(C)Br)ccc2N1C(=O)CCC1CCCCC1. The second kappa shape index (κ2) is 7.84. The number of nitrogens with zero attached hydrogens (tertiary/aromatic N) is 1. The van der Waals surface area contributed by atoms with Gasteiger partial charge in [0.25, 0.3) is 0 Å². The van der Waals surface area contributed by atoms with Crippen molar-refractivity contribution in [2.24, 2.45) is 5.92 Å². The molecular weight excluding hydrogens is 390 g/mol. The zero-order chi connectivity index (χ0) is 18.9. The van der Waals surface area contributed by atoms with Gasteiger partial charge in [0.15, 0.2) is 5.78 Å². The number of benzene rings is 1. The molecule has 26 heavy (non-hydrogen) atoms. The van der Waals surface area contributed by atoms with Crippen LogP contribution >= 0.6 is 15.9 Å². The normalized spacial score (nSPS) is 20.9. The molecule has 0 saturated heterocycles. The molecule has 0 aromatic heterocycles. The van der Waals surface area contributed by atoms with Crippen LogP contribution in [0.3, 0.4) is 0 Å². The van der Waals surface area contributed by atoms with Gasteiger partial charge in [0.1, 0.15) is 0 Å². The van der Waals surface area contributed by atoms with Crippen LogP contribution in [0.25, 0.3) is 0 Å². The lowest BCUT2D eigenvalue weighted by atomic mass is 9.86. The number of carbonyl (C=O) groups excluding carboxylic acids is 2. The monoisotopic (exact) mass is 419 g/mol. The number of ketones is 1. The molecule has 0 bridgehead atoms. The molecular formula is C22H30BrNO2. The first-order valence-electron chi connectivity index (χ1n) is 9.96.